The third kappa shape index (κ3) is 2.94. The van der Waals surface area contributed by atoms with Crippen LogP contribution in [0.2, 0.25) is 0 Å². The van der Waals surface area contributed by atoms with Crippen LogP contribution >= 0.6 is 0 Å². The second kappa shape index (κ2) is 6.36. The first kappa shape index (κ1) is 15.3. The van der Waals surface area contributed by atoms with Gasteiger partial charge in [0, 0.05) is 25.2 Å². The molecule has 24 heavy (non-hydrogen) atoms. The lowest BCUT2D eigenvalue weighted by molar-refractivity contribution is 0.0780. The van der Waals surface area contributed by atoms with Crippen molar-refractivity contribution in [2.75, 3.05) is 19.6 Å². The van der Waals surface area contributed by atoms with Crippen molar-refractivity contribution < 1.29 is 4.79 Å². The van der Waals surface area contributed by atoms with Crippen LogP contribution in [0.3, 0.4) is 0 Å². The van der Waals surface area contributed by atoms with Crippen LogP contribution in [0, 0.1) is 5.92 Å². The van der Waals surface area contributed by atoms with E-state index in [9.17, 15) is 4.79 Å². The fourth-order valence-electron chi connectivity index (χ4n) is 3.71. The van der Waals surface area contributed by atoms with E-state index in [1.807, 2.05) is 35.4 Å². The molecule has 0 spiro atoms. The van der Waals surface area contributed by atoms with Crippen molar-refractivity contribution in [2.24, 2.45) is 11.7 Å². The minimum atomic E-state index is 0.0224. The van der Waals surface area contributed by atoms with E-state index in [1.54, 1.807) is 0 Å². The highest BCUT2D eigenvalue weighted by Gasteiger charge is 2.36. The Morgan fingerprint density at radius 2 is 1.88 bits per heavy atom. The molecule has 2 aliphatic rings. The highest BCUT2D eigenvalue weighted by Crippen LogP contribution is 2.39. The summed E-state index contributed by atoms with van der Waals surface area (Å²) in [4.78, 5) is 19.1. The van der Waals surface area contributed by atoms with Gasteiger partial charge in [-0.15, -0.1) is 0 Å². The maximum absolute atomic E-state index is 12.8. The molecule has 4 nitrogen and oxygen atoms in total. The number of likely N-dealkylation sites (tertiary alicyclic amines) is 1. The van der Waals surface area contributed by atoms with Gasteiger partial charge in [-0.3, -0.25) is 9.78 Å². The normalized spacial score (nSPS) is 23.5. The van der Waals surface area contributed by atoms with Crippen molar-refractivity contribution in [3.05, 3.63) is 65.5 Å². The number of nitrogens with two attached hydrogens (primary N) is 1. The summed E-state index contributed by atoms with van der Waals surface area (Å²) in [7, 11) is 0. The van der Waals surface area contributed by atoms with E-state index in [0.29, 0.717) is 36.5 Å². The van der Waals surface area contributed by atoms with Gasteiger partial charge >= 0.3 is 0 Å². The molecule has 124 valence electrons. The average molecular weight is 321 g/mol. The minimum Gasteiger partial charge on any atom is -0.336 e. The highest BCUT2D eigenvalue weighted by molar-refractivity contribution is 5.92. The number of hydrogen-bond donors (Lipinski definition) is 1. The van der Waals surface area contributed by atoms with Crippen LogP contribution in [0.25, 0.3) is 0 Å². The Bertz CT molecular complexity index is 709. The second-order valence-electron chi connectivity index (χ2n) is 6.97. The molecule has 1 amide bonds. The molecule has 2 aromatic rings. The number of aromatic nitrogens is 1. The monoisotopic (exact) mass is 321 g/mol. The van der Waals surface area contributed by atoms with Crippen molar-refractivity contribution in [2.45, 2.75) is 24.7 Å². The highest BCUT2D eigenvalue weighted by atomic mass is 16.2. The molecule has 0 unspecified atom stereocenters. The van der Waals surface area contributed by atoms with Crippen LogP contribution in [-0.2, 0) is 0 Å². The number of rotatable bonds is 4. The van der Waals surface area contributed by atoms with Crippen molar-refractivity contribution in [3.63, 3.8) is 0 Å². The van der Waals surface area contributed by atoms with Gasteiger partial charge in [-0.05, 0) is 48.4 Å². The quantitative estimate of drug-likeness (QED) is 0.942. The third-order valence-electron chi connectivity index (χ3n) is 5.31. The first-order chi connectivity index (χ1) is 11.8. The number of carbonyl (C=O) groups excluding carboxylic acids is 1. The molecule has 2 fully saturated rings. The molecule has 1 aliphatic carbocycles. The molecule has 2 atom stereocenters. The molecule has 1 aromatic heterocycles. The molecular formula is C20H23N3O. The Morgan fingerprint density at radius 1 is 1.08 bits per heavy atom. The van der Waals surface area contributed by atoms with E-state index in [2.05, 4.69) is 23.2 Å². The van der Waals surface area contributed by atoms with Crippen LogP contribution in [0.1, 0.15) is 46.3 Å². The zero-order valence-electron chi connectivity index (χ0n) is 13.8. The molecule has 4 rings (SSSR count). The standard InChI is InChI=1S/C20H23N3O/c21-10-17-12-23(13-18(17)15-4-2-1-3-5-15)20(24)19-9-8-16(11-22-19)14-6-7-14/h1-5,8-9,11,14,17-18H,6-7,10,12-13,21H2/t17-,18+/m1/s1. The number of benzene rings is 1. The van der Waals surface area contributed by atoms with Gasteiger partial charge in [-0.25, -0.2) is 0 Å². The number of nitrogens with zero attached hydrogens (tertiary/aromatic N) is 2. The van der Waals surface area contributed by atoms with Crippen molar-refractivity contribution in [1.82, 2.24) is 9.88 Å². The summed E-state index contributed by atoms with van der Waals surface area (Å²) in [5.74, 6) is 1.31. The summed E-state index contributed by atoms with van der Waals surface area (Å²) in [6.07, 6.45) is 4.37. The van der Waals surface area contributed by atoms with Gasteiger partial charge in [-0.1, -0.05) is 36.4 Å². The van der Waals surface area contributed by atoms with E-state index in [4.69, 9.17) is 5.73 Å². The SMILES string of the molecule is NC[C@@H]1CN(C(=O)c2ccc(C3CC3)cn2)C[C@H]1c1ccccc1. The number of pyridine rings is 1. The number of carbonyl (C=O) groups is 1. The van der Waals surface area contributed by atoms with E-state index in [-0.39, 0.29) is 5.91 Å². The zero-order chi connectivity index (χ0) is 16.5. The topological polar surface area (TPSA) is 59.2 Å². The van der Waals surface area contributed by atoms with Crippen LogP contribution < -0.4 is 5.73 Å². The van der Waals surface area contributed by atoms with E-state index >= 15 is 0 Å². The van der Waals surface area contributed by atoms with Crippen molar-refractivity contribution in [3.8, 4) is 0 Å². The Labute approximate surface area is 142 Å². The fraction of sp³-hybridized carbons (Fsp3) is 0.400. The summed E-state index contributed by atoms with van der Waals surface area (Å²) in [5.41, 5.74) is 9.04. The predicted molar refractivity (Wildman–Crippen MR) is 93.8 cm³/mol. The maximum atomic E-state index is 12.8. The maximum Gasteiger partial charge on any atom is 0.272 e. The molecule has 0 radical (unpaired) electrons. The van der Waals surface area contributed by atoms with Gasteiger partial charge in [0.2, 0.25) is 0 Å². The zero-order valence-corrected chi connectivity index (χ0v) is 13.8. The molecule has 2 N–H and O–H groups in total. The summed E-state index contributed by atoms with van der Waals surface area (Å²) in [6, 6.07) is 14.3. The lowest BCUT2D eigenvalue weighted by Crippen LogP contribution is -2.30. The minimum absolute atomic E-state index is 0.0224. The summed E-state index contributed by atoms with van der Waals surface area (Å²) in [6.45, 7) is 2.02. The molecular weight excluding hydrogens is 298 g/mol. The Hall–Kier alpha value is -2.20. The van der Waals surface area contributed by atoms with E-state index < -0.39 is 0 Å². The smallest absolute Gasteiger partial charge is 0.272 e. The largest absolute Gasteiger partial charge is 0.336 e. The third-order valence-corrected chi connectivity index (χ3v) is 5.31. The van der Waals surface area contributed by atoms with Gasteiger partial charge in [-0.2, -0.15) is 0 Å². The first-order valence-corrected chi connectivity index (χ1v) is 8.76. The molecule has 0 bridgehead atoms. The Morgan fingerprint density at radius 3 is 2.50 bits per heavy atom. The van der Waals surface area contributed by atoms with E-state index in [0.717, 1.165) is 6.54 Å². The van der Waals surface area contributed by atoms with E-state index in [1.165, 1.54) is 24.0 Å². The summed E-state index contributed by atoms with van der Waals surface area (Å²) in [5, 5.41) is 0. The Balaban J connectivity index is 1.50. The average Bonchev–Trinajstić information content (AvgIpc) is 3.40. The van der Waals surface area contributed by atoms with Crippen LogP contribution in [0.15, 0.2) is 48.7 Å². The van der Waals surface area contributed by atoms with Crippen LogP contribution in [0.5, 0.6) is 0 Å². The fourth-order valence-corrected chi connectivity index (χ4v) is 3.71. The predicted octanol–water partition coefficient (Wildman–Crippen LogP) is 2.77. The molecule has 1 saturated carbocycles. The molecule has 4 heteroatoms. The first-order valence-electron chi connectivity index (χ1n) is 8.76. The van der Waals surface area contributed by atoms with Crippen molar-refractivity contribution in [1.29, 1.82) is 0 Å². The number of amides is 1. The molecule has 2 heterocycles. The van der Waals surface area contributed by atoms with Gasteiger partial charge in [0.25, 0.3) is 5.91 Å². The Kier molecular flexibility index (Phi) is 4.07. The molecule has 1 aliphatic heterocycles. The molecule has 1 saturated heterocycles. The summed E-state index contributed by atoms with van der Waals surface area (Å²) >= 11 is 0. The van der Waals surface area contributed by atoms with Gasteiger partial charge < -0.3 is 10.6 Å². The van der Waals surface area contributed by atoms with Gasteiger partial charge in [0.15, 0.2) is 0 Å². The van der Waals surface area contributed by atoms with Crippen LogP contribution in [0.4, 0.5) is 0 Å². The molecule has 1 aromatic carbocycles. The summed E-state index contributed by atoms with van der Waals surface area (Å²) < 4.78 is 0. The lowest BCUT2D eigenvalue weighted by Gasteiger charge is -2.16. The second-order valence-corrected chi connectivity index (χ2v) is 6.97. The van der Waals surface area contributed by atoms with Crippen molar-refractivity contribution >= 4 is 5.91 Å². The van der Waals surface area contributed by atoms with Gasteiger partial charge in [0.1, 0.15) is 5.69 Å². The number of hydrogen-bond acceptors (Lipinski definition) is 3. The van der Waals surface area contributed by atoms with Crippen LogP contribution in [-0.4, -0.2) is 35.4 Å². The lowest BCUT2D eigenvalue weighted by atomic mass is 9.89. The van der Waals surface area contributed by atoms with Gasteiger partial charge in [0.05, 0.1) is 0 Å².